The molecule has 0 atom stereocenters. The molecule has 5 nitrogen and oxygen atoms in total. The van der Waals surface area contributed by atoms with E-state index in [0.29, 0.717) is 21.4 Å². The van der Waals surface area contributed by atoms with E-state index in [4.69, 9.17) is 11.6 Å². The lowest BCUT2D eigenvalue weighted by atomic mass is 10.2. The molecule has 0 spiro atoms. The van der Waals surface area contributed by atoms with Crippen LogP contribution < -0.4 is 5.32 Å². The first kappa shape index (κ1) is 19.0. The summed E-state index contributed by atoms with van der Waals surface area (Å²) < 4.78 is 1.89. The number of rotatable bonds is 5. The van der Waals surface area contributed by atoms with E-state index in [1.807, 2.05) is 48.7 Å². The van der Waals surface area contributed by atoms with Gasteiger partial charge in [0.15, 0.2) is 0 Å². The minimum atomic E-state index is -0.229. The van der Waals surface area contributed by atoms with E-state index in [-0.39, 0.29) is 11.7 Å². The van der Waals surface area contributed by atoms with Crippen molar-refractivity contribution in [2.24, 2.45) is 0 Å². The van der Waals surface area contributed by atoms with Crippen molar-refractivity contribution in [2.75, 3.05) is 11.1 Å². The highest BCUT2D eigenvalue weighted by molar-refractivity contribution is 8.00. The van der Waals surface area contributed by atoms with Gasteiger partial charge >= 0.3 is 0 Å². The van der Waals surface area contributed by atoms with Crippen molar-refractivity contribution in [1.29, 1.82) is 5.26 Å². The number of nitrogens with zero attached hydrogens (tertiary/aromatic N) is 3. The summed E-state index contributed by atoms with van der Waals surface area (Å²) in [6.45, 7) is 3.81. The number of hydrogen-bond acceptors (Lipinski definition) is 4. The normalized spacial score (nSPS) is 10.4. The molecule has 0 aliphatic carbocycles. The van der Waals surface area contributed by atoms with Crippen LogP contribution in [0.4, 0.5) is 5.82 Å². The average molecular weight is 397 g/mol. The SMILES string of the molecule is Cc1c(C#N)c(NC(=O)CSc2ncccc2Cl)n(-c2ccccc2)c1C. The van der Waals surface area contributed by atoms with Crippen LogP contribution in [0.25, 0.3) is 5.69 Å². The third-order valence-electron chi connectivity index (χ3n) is 4.16. The Kier molecular flexibility index (Phi) is 5.84. The second-order valence-corrected chi connectivity index (χ2v) is 7.22. The molecule has 0 bridgehead atoms. The highest BCUT2D eigenvalue weighted by atomic mass is 35.5. The summed E-state index contributed by atoms with van der Waals surface area (Å²) >= 11 is 7.34. The zero-order valence-corrected chi connectivity index (χ0v) is 16.4. The maximum atomic E-state index is 12.5. The summed E-state index contributed by atoms with van der Waals surface area (Å²) in [5, 5.41) is 13.6. The third kappa shape index (κ3) is 4.00. The molecular formula is C20H17ClN4OS. The van der Waals surface area contributed by atoms with Gasteiger partial charge in [-0.1, -0.05) is 41.6 Å². The van der Waals surface area contributed by atoms with E-state index >= 15 is 0 Å². The lowest BCUT2D eigenvalue weighted by Gasteiger charge is -2.13. The molecule has 2 aromatic heterocycles. The number of benzene rings is 1. The fourth-order valence-electron chi connectivity index (χ4n) is 2.74. The molecule has 3 rings (SSSR count). The number of thioether (sulfide) groups is 1. The summed E-state index contributed by atoms with van der Waals surface area (Å²) in [5.41, 5.74) is 3.10. The van der Waals surface area contributed by atoms with Crippen LogP contribution in [0, 0.1) is 25.2 Å². The molecule has 3 aromatic rings. The van der Waals surface area contributed by atoms with Gasteiger partial charge in [0.1, 0.15) is 16.9 Å². The molecule has 0 saturated carbocycles. The van der Waals surface area contributed by atoms with Crippen LogP contribution in [0.5, 0.6) is 0 Å². The van der Waals surface area contributed by atoms with Gasteiger partial charge in [-0.2, -0.15) is 5.26 Å². The number of carbonyl (C=O) groups excluding carboxylic acids is 1. The highest BCUT2D eigenvalue weighted by Gasteiger charge is 2.20. The number of pyridine rings is 1. The maximum absolute atomic E-state index is 12.5. The quantitative estimate of drug-likeness (QED) is 0.632. The van der Waals surface area contributed by atoms with Gasteiger partial charge in [-0.15, -0.1) is 0 Å². The molecular weight excluding hydrogens is 380 g/mol. The van der Waals surface area contributed by atoms with Crippen LogP contribution in [-0.2, 0) is 4.79 Å². The van der Waals surface area contributed by atoms with Crippen molar-refractivity contribution in [2.45, 2.75) is 18.9 Å². The lowest BCUT2D eigenvalue weighted by molar-refractivity contribution is -0.113. The molecule has 27 heavy (non-hydrogen) atoms. The van der Waals surface area contributed by atoms with Gasteiger partial charge in [-0.25, -0.2) is 4.98 Å². The lowest BCUT2D eigenvalue weighted by Crippen LogP contribution is -2.17. The van der Waals surface area contributed by atoms with Gasteiger partial charge in [-0.05, 0) is 43.7 Å². The van der Waals surface area contributed by atoms with Crippen molar-refractivity contribution in [3.05, 3.63) is 70.5 Å². The molecule has 1 N–H and O–H groups in total. The van der Waals surface area contributed by atoms with E-state index in [9.17, 15) is 10.1 Å². The minimum Gasteiger partial charge on any atom is -0.310 e. The third-order valence-corrected chi connectivity index (χ3v) is 5.58. The van der Waals surface area contributed by atoms with Crippen molar-refractivity contribution in [1.82, 2.24) is 9.55 Å². The standard InChI is InChI=1S/C20H17ClN4OS/c1-13-14(2)25(15-7-4-3-5-8-15)19(16(13)11-22)24-18(26)12-27-20-17(21)9-6-10-23-20/h3-10H,12H2,1-2H3,(H,24,26). The largest absolute Gasteiger partial charge is 0.310 e. The Labute approximate surface area is 167 Å². The van der Waals surface area contributed by atoms with Gasteiger partial charge in [0.2, 0.25) is 5.91 Å². The summed E-state index contributed by atoms with van der Waals surface area (Å²) in [5.74, 6) is 0.393. The van der Waals surface area contributed by atoms with E-state index in [0.717, 1.165) is 16.9 Å². The van der Waals surface area contributed by atoms with Crippen LogP contribution >= 0.6 is 23.4 Å². The Bertz CT molecular complexity index is 1020. The molecule has 7 heteroatoms. The Morgan fingerprint density at radius 3 is 2.67 bits per heavy atom. The second-order valence-electron chi connectivity index (χ2n) is 5.84. The van der Waals surface area contributed by atoms with E-state index in [1.165, 1.54) is 11.8 Å². The van der Waals surface area contributed by atoms with Crippen LogP contribution in [-0.4, -0.2) is 21.2 Å². The molecule has 0 fully saturated rings. The fourth-order valence-corrected chi connectivity index (χ4v) is 3.71. The fraction of sp³-hybridized carbons (Fsp3) is 0.150. The minimum absolute atomic E-state index is 0.139. The molecule has 1 aromatic carbocycles. The van der Waals surface area contributed by atoms with Crippen LogP contribution in [0.2, 0.25) is 5.02 Å². The van der Waals surface area contributed by atoms with E-state index in [1.54, 1.807) is 18.3 Å². The number of amides is 1. The maximum Gasteiger partial charge on any atom is 0.235 e. The molecule has 0 radical (unpaired) electrons. The van der Waals surface area contributed by atoms with Crippen molar-refractivity contribution < 1.29 is 4.79 Å². The summed E-state index contributed by atoms with van der Waals surface area (Å²) in [4.78, 5) is 16.7. The molecule has 1 amide bonds. The number of hydrogen-bond donors (Lipinski definition) is 1. The van der Waals surface area contributed by atoms with Gasteiger partial charge in [0.05, 0.1) is 16.3 Å². The Hall–Kier alpha value is -2.75. The number of nitrogens with one attached hydrogen (secondary N) is 1. The summed E-state index contributed by atoms with van der Waals surface area (Å²) in [7, 11) is 0. The zero-order valence-electron chi connectivity index (χ0n) is 14.9. The summed E-state index contributed by atoms with van der Waals surface area (Å²) in [6.07, 6.45) is 1.63. The van der Waals surface area contributed by atoms with Gasteiger partial charge in [0, 0.05) is 17.6 Å². The number of nitriles is 1. The number of para-hydroxylation sites is 1. The van der Waals surface area contributed by atoms with Crippen molar-refractivity contribution >= 4 is 35.1 Å². The van der Waals surface area contributed by atoms with Crippen molar-refractivity contribution in [3.8, 4) is 11.8 Å². The average Bonchev–Trinajstić information content (AvgIpc) is 2.91. The Morgan fingerprint density at radius 2 is 2.00 bits per heavy atom. The first-order valence-corrected chi connectivity index (χ1v) is 9.60. The molecule has 0 aliphatic heterocycles. The first-order valence-electron chi connectivity index (χ1n) is 8.23. The molecule has 0 saturated heterocycles. The summed E-state index contributed by atoms with van der Waals surface area (Å²) in [6, 6.07) is 15.3. The van der Waals surface area contributed by atoms with Crippen LogP contribution in [0.1, 0.15) is 16.8 Å². The van der Waals surface area contributed by atoms with E-state index in [2.05, 4.69) is 16.4 Å². The Balaban J connectivity index is 1.88. The topological polar surface area (TPSA) is 70.7 Å². The number of halogens is 1. The highest BCUT2D eigenvalue weighted by Crippen LogP contribution is 2.30. The molecule has 0 aliphatic rings. The first-order chi connectivity index (χ1) is 13.0. The van der Waals surface area contributed by atoms with E-state index < -0.39 is 0 Å². The van der Waals surface area contributed by atoms with Crippen LogP contribution in [0.3, 0.4) is 0 Å². The zero-order chi connectivity index (χ0) is 19.4. The monoisotopic (exact) mass is 396 g/mol. The number of carbonyl (C=O) groups is 1. The van der Waals surface area contributed by atoms with Gasteiger partial charge in [-0.3, -0.25) is 9.36 Å². The number of anilines is 1. The van der Waals surface area contributed by atoms with Gasteiger partial charge in [0.25, 0.3) is 0 Å². The number of aromatic nitrogens is 2. The molecule has 2 heterocycles. The predicted octanol–water partition coefficient (Wildman–Crippen LogP) is 4.75. The van der Waals surface area contributed by atoms with Gasteiger partial charge < -0.3 is 5.32 Å². The predicted molar refractivity (Wildman–Crippen MR) is 109 cm³/mol. The molecule has 0 unspecified atom stereocenters. The smallest absolute Gasteiger partial charge is 0.235 e. The van der Waals surface area contributed by atoms with Crippen LogP contribution in [0.15, 0.2) is 53.7 Å². The molecule has 136 valence electrons. The second kappa shape index (κ2) is 8.30. The Morgan fingerprint density at radius 1 is 1.26 bits per heavy atom. The van der Waals surface area contributed by atoms with Crippen molar-refractivity contribution in [3.63, 3.8) is 0 Å².